The fourth-order valence-electron chi connectivity index (χ4n) is 2.15. The van der Waals surface area contributed by atoms with Crippen molar-refractivity contribution in [1.82, 2.24) is 0 Å². The van der Waals surface area contributed by atoms with Gasteiger partial charge in [-0.25, -0.2) is 0 Å². The van der Waals surface area contributed by atoms with Crippen LogP contribution in [-0.2, 0) is 19.1 Å². The number of ether oxygens (including phenoxy) is 2. The van der Waals surface area contributed by atoms with E-state index in [1.807, 2.05) is 6.92 Å². The van der Waals surface area contributed by atoms with Crippen LogP contribution in [0.25, 0.3) is 0 Å². The minimum absolute atomic E-state index is 0.134. The topological polar surface area (TPSA) is 52.6 Å². The molecule has 1 heterocycles. The third kappa shape index (κ3) is 2.50. The molecule has 0 unspecified atom stereocenters. The highest BCUT2D eigenvalue weighted by atomic mass is 16.5. The Morgan fingerprint density at radius 3 is 2.88 bits per heavy atom. The first-order valence-electron chi connectivity index (χ1n) is 5.67. The van der Waals surface area contributed by atoms with Gasteiger partial charge in [-0.1, -0.05) is 0 Å². The molecular weight excluding hydrogens is 220 g/mol. The number of terminal acetylenes is 1. The lowest BCUT2D eigenvalue weighted by molar-refractivity contribution is -0.181. The van der Waals surface area contributed by atoms with Crippen molar-refractivity contribution in [2.75, 3.05) is 7.11 Å². The molecule has 1 saturated heterocycles. The van der Waals surface area contributed by atoms with E-state index in [1.165, 1.54) is 7.11 Å². The number of ketones is 1. The molecule has 0 aromatic heterocycles. The fourth-order valence-corrected chi connectivity index (χ4v) is 2.15. The monoisotopic (exact) mass is 238 g/mol. The fraction of sp³-hybridized carbons (Fsp3) is 0.692. The SMILES string of the molecule is C#CCC[C@@H]1O[C@H](C)CC(=O)[C@]1(C)C(=O)OC. The lowest BCUT2D eigenvalue weighted by Crippen LogP contribution is -2.54. The van der Waals surface area contributed by atoms with Gasteiger partial charge < -0.3 is 9.47 Å². The van der Waals surface area contributed by atoms with Gasteiger partial charge in [0.2, 0.25) is 0 Å². The third-order valence-corrected chi connectivity index (χ3v) is 3.25. The van der Waals surface area contributed by atoms with Gasteiger partial charge in [-0.05, 0) is 20.3 Å². The van der Waals surface area contributed by atoms with Gasteiger partial charge in [0.25, 0.3) is 0 Å². The average molecular weight is 238 g/mol. The quantitative estimate of drug-likeness (QED) is 0.423. The average Bonchev–Trinajstić information content (AvgIpc) is 2.30. The molecule has 0 spiro atoms. The second-order valence-corrected chi connectivity index (χ2v) is 4.50. The highest BCUT2D eigenvalue weighted by molar-refractivity contribution is 6.04. The van der Waals surface area contributed by atoms with Crippen molar-refractivity contribution < 1.29 is 19.1 Å². The summed E-state index contributed by atoms with van der Waals surface area (Å²) in [6.45, 7) is 3.39. The van der Waals surface area contributed by atoms with Crippen molar-refractivity contribution in [3.8, 4) is 12.3 Å². The van der Waals surface area contributed by atoms with Crippen LogP contribution in [0.1, 0.15) is 33.1 Å². The highest BCUT2D eigenvalue weighted by Gasteiger charge is 2.52. The Labute approximate surface area is 102 Å². The number of hydrogen-bond donors (Lipinski definition) is 0. The summed E-state index contributed by atoms with van der Waals surface area (Å²) in [7, 11) is 1.27. The number of hydrogen-bond acceptors (Lipinski definition) is 4. The van der Waals surface area contributed by atoms with Gasteiger partial charge in [0.05, 0.1) is 19.3 Å². The number of methoxy groups -OCH3 is 1. The van der Waals surface area contributed by atoms with E-state index in [9.17, 15) is 9.59 Å². The van der Waals surface area contributed by atoms with Crippen molar-refractivity contribution >= 4 is 11.8 Å². The van der Waals surface area contributed by atoms with Crippen molar-refractivity contribution in [2.45, 2.75) is 45.3 Å². The predicted octanol–water partition coefficient (Wildman–Crippen LogP) is 1.33. The van der Waals surface area contributed by atoms with E-state index in [0.717, 1.165) is 0 Å². The summed E-state index contributed by atoms with van der Waals surface area (Å²) < 4.78 is 10.4. The van der Waals surface area contributed by atoms with E-state index in [1.54, 1.807) is 6.92 Å². The van der Waals surface area contributed by atoms with Crippen LogP contribution in [0.3, 0.4) is 0 Å². The molecule has 94 valence electrons. The van der Waals surface area contributed by atoms with E-state index in [2.05, 4.69) is 5.92 Å². The summed E-state index contributed by atoms with van der Waals surface area (Å²) in [5.41, 5.74) is -1.22. The Morgan fingerprint density at radius 2 is 2.35 bits per heavy atom. The van der Waals surface area contributed by atoms with Gasteiger partial charge in [0.15, 0.2) is 5.78 Å². The number of carbonyl (C=O) groups is 2. The van der Waals surface area contributed by atoms with E-state index in [-0.39, 0.29) is 18.3 Å². The summed E-state index contributed by atoms with van der Waals surface area (Å²) >= 11 is 0. The van der Waals surface area contributed by atoms with Gasteiger partial charge >= 0.3 is 5.97 Å². The van der Waals surface area contributed by atoms with E-state index in [4.69, 9.17) is 15.9 Å². The van der Waals surface area contributed by atoms with E-state index in [0.29, 0.717) is 12.8 Å². The second kappa shape index (κ2) is 5.33. The van der Waals surface area contributed by atoms with Crippen LogP contribution in [0.15, 0.2) is 0 Å². The molecule has 0 bridgehead atoms. The summed E-state index contributed by atoms with van der Waals surface area (Å²) in [6.07, 6.45) is 5.72. The van der Waals surface area contributed by atoms with Gasteiger partial charge in [-0.2, -0.15) is 0 Å². The second-order valence-electron chi connectivity index (χ2n) is 4.50. The van der Waals surface area contributed by atoms with Crippen LogP contribution in [-0.4, -0.2) is 31.1 Å². The predicted molar refractivity (Wildman–Crippen MR) is 62.1 cm³/mol. The Bertz CT molecular complexity index is 355. The van der Waals surface area contributed by atoms with Crippen LogP contribution in [0.5, 0.6) is 0 Å². The lowest BCUT2D eigenvalue weighted by Gasteiger charge is -2.39. The molecular formula is C13H18O4. The van der Waals surface area contributed by atoms with Crippen LogP contribution < -0.4 is 0 Å². The maximum atomic E-state index is 12.1. The Hall–Kier alpha value is -1.34. The molecule has 0 aromatic rings. The highest BCUT2D eigenvalue weighted by Crippen LogP contribution is 2.37. The van der Waals surface area contributed by atoms with Crippen LogP contribution >= 0.6 is 0 Å². The Kier molecular flexibility index (Phi) is 4.30. The molecule has 1 rings (SSSR count). The molecule has 3 atom stereocenters. The minimum Gasteiger partial charge on any atom is -0.468 e. The first kappa shape index (κ1) is 13.7. The molecule has 4 nitrogen and oxygen atoms in total. The Morgan fingerprint density at radius 1 is 1.71 bits per heavy atom. The molecule has 0 amide bonds. The maximum Gasteiger partial charge on any atom is 0.321 e. The summed E-state index contributed by atoms with van der Waals surface area (Å²) in [5.74, 6) is 1.82. The molecule has 4 heteroatoms. The number of rotatable bonds is 3. The summed E-state index contributed by atoms with van der Waals surface area (Å²) in [4.78, 5) is 23.9. The lowest BCUT2D eigenvalue weighted by atomic mass is 9.74. The zero-order valence-electron chi connectivity index (χ0n) is 10.5. The summed E-state index contributed by atoms with van der Waals surface area (Å²) in [6, 6.07) is 0. The maximum absolute atomic E-state index is 12.1. The standard InChI is InChI=1S/C13H18O4/c1-5-6-7-11-13(3,12(15)16-4)10(14)8-9(2)17-11/h1,9,11H,6-8H2,2-4H3/t9-,11+,13+/m1/s1. The first-order chi connectivity index (χ1) is 7.96. The van der Waals surface area contributed by atoms with E-state index >= 15 is 0 Å². The number of Topliss-reactive ketones (excluding diaryl/α,β-unsaturated/α-hetero) is 1. The molecule has 0 aromatic carbocycles. The first-order valence-corrected chi connectivity index (χ1v) is 5.67. The molecule has 0 saturated carbocycles. The van der Waals surface area contributed by atoms with Gasteiger partial charge in [0, 0.05) is 12.8 Å². The number of esters is 1. The van der Waals surface area contributed by atoms with Gasteiger partial charge in [0.1, 0.15) is 5.41 Å². The molecule has 0 radical (unpaired) electrons. The zero-order chi connectivity index (χ0) is 13.1. The molecule has 1 fully saturated rings. The van der Waals surface area contributed by atoms with Crippen LogP contribution in [0, 0.1) is 17.8 Å². The number of carbonyl (C=O) groups excluding carboxylic acids is 2. The molecule has 17 heavy (non-hydrogen) atoms. The van der Waals surface area contributed by atoms with Gasteiger partial charge in [-0.3, -0.25) is 9.59 Å². The Balaban J connectivity index is 2.98. The van der Waals surface area contributed by atoms with Crippen molar-refractivity contribution in [3.05, 3.63) is 0 Å². The third-order valence-electron chi connectivity index (χ3n) is 3.25. The normalized spacial score (nSPS) is 32.9. The van der Waals surface area contributed by atoms with Crippen molar-refractivity contribution in [3.63, 3.8) is 0 Å². The van der Waals surface area contributed by atoms with E-state index < -0.39 is 17.5 Å². The van der Waals surface area contributed by atoms with Crippen LogP contribution in [0.4, 0.5) is 0 Å². The van der Waals surface area contributed by atoms with Gasteiger partial charge in [-0.15, -0.1) is 12.3 Å². The minimum atomic E-state index is -1.22. The molecule has 0 N–H and O–H groups in total. The largest absolute Gasteiger partial charge is 0.468 e. The molecule has 1 aliphatic rings. The van der Waals surface area contributed by atoms with Crippen LogP contribution in [0.2, 0.25) is 0 Å². The molecule has 1 aliphatic heterocycles. The zero-order valence-corrected chi connectivity index (χ0v) is 10.5. The smallest absolute Gasteiger partial charge is 0.321 e. The van der Waals surface area contributed by atoms with Crippen molar-refractivity contribution in [2.24, 2.45) is 5.41 Å². The van der Waals surface area contributed by atoms with Crippen molar-refractivity contribution in [1.29, 1.82) is 0 Å². The molecule has 0 aliphatic carbocycles. The summed E-state index contributed by atoms with van der Waals surface area (Å²) in [5, 5.41) is 0.